The van der Waals surface area contributed by atoms with Crippen molar-refractivity contribution in [1.29, 1.82) is 0 Å². The standard InChI is InChI=1S/C22H27N3O3S/c1-28-18-12-10-16(11-13-18)23-20(26)14-19-21(27)25(17-8-4-5-9-17)22(29-19)24-15-6-2-3-7-15/h10-15,17H,2-9H2,1H3,(H,23,26). The maximum atomic E-state index is 13.1. The van der Waals surface area contributed by atoms with Crippen molar-refractivity contribution in [3.05, 3.63) is 35.2 Å². The predicted octanol–water partition coefficient (Wildman–Crippen LogP) is 4.33. The van der Waals surface area contributed by atoms with Crippen LogP contribution in [0.5, 0.6) is 5.75 Å². The van der Waals surface area contributed by atoms with Gasteiger partial charge < -0.3 is 10.1 Å². The second-order valence-corrected chi connectivity index (χ2v) is 8.80. The molecule has 1 heterocycles. The van der Waals surface area contributed by atoms with Crippen LogP contribution < -0.4 is 10.1 Å². The third kappa shape index (κ3) is 4.66. The molecule has 6 nitrogen and oxygen atoms in total. The van der Waals surface area contributed by atoms with E-state index < -0.39 is 0 Å². The number of carbonyl (C=O) groups excluding carboxylic acids is 2. The van der Waals surface area contributed by atoms with Gasteiger partial charge >= 0.3 is 0 Å². The lowest BCUT2D eigenvalue weighted by Crippen LogP contribution is -2.38. The Balaban J connectivity index is 1.51. The molecule has 154 valence electrons. The number of amidine groups is 1. The first kappa shape index (κ1) is 20.0. The lowest BCUT2D eigenvalue weighted by molar-refractivity contribution is -0.124. The van der Waals surface area contributed by atoms with Crippen molar-refractivity contribution < 1.29 is 14.3 Å². The Morgan fingerprint density at radius 3 is 2.45 bits per heavy atom. The Bertz CT molecular complexity index is 822. The van der Waals surface area contributed by atoms with Crippen LogP contribution in [-0.2, 0) is 9.59 Å². The Labute approximate surface area is 175 Å². The van der Waals surface area contributed by atoms with Crippen molar-refractivity contribution in [2.24, 2.45) is 4.99 Å². The Kier molecular flexibility index (Phi) is 6.23. The van der Waals surface area contributed by atoms with Crippen LogP contribution in [0.25, 0.3) is 0 Å². The molecule has 2 saturated carbocycles. The lowest BCUT2D eigenvalue weighted by Gasteiger charge is -2.23. The van der Waals surface area contributed by atoms with Crippen LogP contribution in [0.4, 0.5) is 5.69 Å². The topological polar surface area (TPSA) is 71.0 Å². The van der Waals surface area contributed by atoms with Crippen LogP contribution in [-0.4, -0.2) is 41.1 Å². The summed E-state index contributed by atoms with van der Waals surface area (Å²) in [5.41, 5.74) is 0.663. The summed E-state index contributed by atoms with van der Waals surface area (Å²) in [7, 11) is 1.60. The number of nitrogens with zero attached hydrogens (tertiary/aromatic N) is 2. The quantitative estimate of drug-likeness (QED) is 0.729. The van der Waals surface area contributed by atoms with Gasteiger partial charge in [-0.3, -0.25) is 19.5 Å². The molecule has 0 spiro atoms. The van der Waals surface area contributed by atoms with Crippen LogP contribution in [0.3, 0.4) is 0 Å². The van der Waals surface area contributed by atoms with Gasteiger partial charge in [0.1, 0.15) is 5.75 Å². The van der Waals surface area contributed by atoms with Crippen molar-refractivity contribution in [2.45, 2.75) is 63.5 Å². The SMILES string of the molecule is COc1ccc(NC(=O)C=C2SC(=NC3CCCC3)N(C3CCCC3)C2=O)cc1. The van der Waals surface area contributed by atoms with E-state index in [9.17, 15) is 9.59 Å². The number of methoxy groups -OCH3 is 1. The molecule has 4 rings (SSSR count). The van der Waals surface area contributed by atoms with E-state index >= 15 is 0 Å². The van der Waals surface area contributed by atoms with Crippen LogP contribution in [0.15, 0.2) is 40.2 Å². The number of rotatable bonds is 5. The van der Waals surface area contributed by atoms with E-state index in [1.807, 2.05) is 4.90 Å². The minimum absolute atomic E-state index is 0.0801. The fraction of sp³-hybridized carbons (Fsp3) is 0.500. The molecule has 7 heteroatoms. The molecular weight excluding hydrogens is 386 g/mol. The molecule has 2 aliphatic carbocycles. The highest BCUT2D eigenvalue weighted by Gasteiger charge is 2.40. The molecule has 3 fully saturated rings. The predicted molar refractivity (Wildman–Crippen MR) is 116 cm³/mol. The van der Waals surface area contributed by atoms with Crippen LogP contribution >= 0.6 is 11.8 Å². The number of nitrogens with one attached hydrogen (secondary N) is 1. The molecule has 1 aromatic rings. The Morgan fingerprint density at radius 1 is 1.14 bits per heavy atom. The molecule has 1 aromatic carbocycles. The summed E-state index contributed by atoms with van der Waals surface area (Å²) in [6.45, 7) is 0. The van der Waals surface area contributed by atoms with E-state index in [0.717, 1.165) is 49.4 Å². The van der Waals surface area contributed by atoms with Gasteiger partial charge in [0.25, 0.3) is 5.91 Å². The fourth-order valence-corrected chi connectivity index (χ4v) is 5.30. The molecule has 0 atom stereocenters. The first-order valence-electron chi connectivity index (χ1n) is 10.4. The second kappa shape index (κ2) is 9.03. The van der Waals surface area contributed by atoms with Crippen LogP contribution in [0.2, 0.25) is 0 Å². The number of ether oxygens (including phenoxy) is 1. The number of amides is 2. The van der Waals surface area contributed by atoms with Crippen LogP contribution in [0, 0.1) is 0 Å². The molecule has 29 heavy (non-hydrogen) atoms. The molecule has 0 radical (unpaired) electrons. The summed E-state index contributed by atoms with van der Waals surface area (Å²) < 4.78 is 5.13. The summed E-state index contributed by atoms with van der Waals surface area (Å²) >= 11 is 1.35. The van der Waals surface area contributed by atoms with Gasteiger partial charge in [0, 0.05) is 17.8 Å². The lowest BCUT2D eigenvalue weighted by atomic mass is 10.2. The molecular formula is C22H27N3O3S. The molecule has 1 aliphatic heterocycles. The summed E-state index contributed by atoms with van der Waals surface area (Å²) in [6, 6.07) is 7.64. The monoisotopic (exact) mass is 413 g/mol. The van der Waals surface area contributed by atoms with E-state index in [1.54, 1.807) is 31.4 Å². The third-order valence-electron chi connectivity index (χ3n) is 5.76. The molecule has 2 amide bonds. The second-order valence-electron chi connectivity index (χ2n) is 7.79. The number of carbonyl (C=O) groups is 2. The highest BCUT2D eigenvalue weighted by molar-refractivity contribution is 8.18. The molecule has 1 N–H and O–H groups in total. The van der Waals surface area contributed by atoms with Gasteiger partial charge in [0.15, 0.2) is 5.17 Å². The van der Waals surface area contributed by atoms with Gasteiger partial charge in [-0.15, -0.1) is 0 Å². The summed E-state index contributed by atoms with van der Waals surface area (Å²) in [4.78, 5) is 32.8. The number of anilines is 1. The summed E-state index contributed by atoms with van der Waals surface area (Å²) in [5.74, 6) is 0.339. The maximum Gasteiger partial charge on any atom is 0.267 e. The average molecular weight is 414 g/mol. The summed E-state index contributed by atoms with van der Waals surface area (Å²) in [5, 5.41) is 3.61. The highest BCUT2D eigenvalue weighted by atomic mass is 32.2. The zero-order chi connectivity index (χ0) is 20.2. The van der Waals surface area contributed by atoms with E-state index in [1.165, 1.54) is 30.7 Å². The van der Waals surface area contributed by atoms with Crippen molar-refractivity contribution in [3.8, 4) is 5.75 Å². The maximum absolute atomic E-state index is 13.1. The normalized spacial score (nSPS) is 23.5. The first-order valence-corrected chi connectivity index (χ1v) is 11.2. The number of benzene rings is 1. The van der Waals surface area contributed by atoms with Crippen molar-refractivity contribution >= 4 is 34.4 Å². The molecule has 0 bridgehead atoms. The van der Waals surface area contributed by atoms with E-state index in [4.69, 9.17) is 9.73 Å². The first-order chi connectivity index (χ1) is 14.1. The zero-order valence-electron chi connectivity index (χ0n) is 16.7. The van der Waals surface area contributed by atoms with Crippen molar-refractivity contribution in [2.75, 3.05) is 12.4 Å². The molecule has 0 unspecified atom stereocenters. The third-order valence-corrected chi connectivity index (χ3v) is 6.76. The number of aliphatic imine (C=N–C) groups is 1. The highest BCUT2D eigenvalue weighted by Crippen LogP contribution is 2.38. The van der Waals surface area contributed by atoms with Gasteiger partial charge in [0.05, 0.1) is 18.1 Å². The van der Waals surface area contributed by atoms with Crippen molar-refractivity contribution in [3.63, 3.8) is 0 Å². The van der Waals surface area contributed by atoms with Crippen molar-refractivity contribution in [1.82, 2.24) is 4.90 Å². The van der Waals surface area contributed by atoms with Gasteiger partial charge in [-0.2, -0.15) is 0 Å². The minimum Gasteiger partial charge on any atom is -0.497 e. The molecule has 1 saturated heterocycles. The van der Waals surface area contributed by atoms with Gasteiger partial charge in [0.2, 0.25) is 5.91 Å². The molecule has 3 aliphatic rings. The number of thioether (sulfide) groups is 1. The van der Waals surface area contributed by atoms with E-state index in [0.29, 0.717) is 16.6 Å². The minimum atomic E-state index is -0.306. The largest absolute Gasteiger partial charge is 0.497 e. The fourth-order valence-electron chi connectivity index (χ4n) is 4.22. The van der Waals surface area contributed by atoms with Gasteiger partial charge in [-0.1, -0.05) is 25.7 Å². The Morgan fingerprint density at radius 2 is 1.79 bits per heavy atom. The van der Waals surface area contributed by atoms with E-state index in [-0.39, 0.29) is 17.9 Å². The molecule has 0 aromatic heterocycles. The average Bonchev–Trinajstić information content (AvgIpc) is 3.46. The smallest absolute Gasteiger partial charge is 0.267 e. The van der Waals surface area contributed by atoms with Crippen LogP contribution in [0.1, 0.15) is 51.4 Å². The Hall–Kier alpha value is -2.28. The summed E-state index contributed by atoms with van der Waals surface area (Å²) in [6.07, 6.45) is 10.3. The number of hydrogen-bond donors (Lipinski definition) is 1. The zero-order valence-corrected chi connectivity index (χ0v) is 17.5. The number of hydrogen-bond acceptors (Lipinski definition) is 5. The van der Waals surface area contributed by atoms with Gasteiger partial charge in [-0.05, 0) is 61.7 Å². The van der Waals surface area contributed by atoms with Gasteiger partial charge in [-0.25, -0.2) is 0 Å². The van der Waals surface area contributed by atoms with E-state index in [2.05, 4.69) is 5.32 Å².